The summed E-state index contributed by atoms with van der Waals surface area (Å²) in [6.07, 6.45) is 10.8. The molecule has 3 unspecified atom stereocenters. The second-order valence-electron chi connectivity index (χ2n) is 16.3. The van der Waals surface area contributed by atoms with Crippen LogP contribution in [0.15, 0.2) is 106 Å². The van der Waals surface area contributed by atoms with Crippen LogP contribution in [0.1, 0.15) is 99.8 Å². The molecule has 4 atom stereocenters. The van der Waals surface area contributed by atoms with Crippen LogP contribution >= 0.6 is 34.7 Å². The first kappa shape index (κ1) is 42.7. The summed E-state index contributed by atoms with van der Waals surface area (Å²) in [6.45, 7) is 4.82. The van der Waals surface area contributed by atoms with Gasteiger partial charge >= 0.3 is 0 Å². The van der Waals surface area contributed by atoms with Crippen molar-refractivity contribution in [3.8, 4) is 5.75 Å². The molecule has 1 heterocycles. The number of rotatable bonds is 20. The molecule has 6 N–H and O–H groups in total. The summed E-state index contributed by atoms with van der Waals surface area (Å²) in [5, 5.41) is 26.3. The van der Waals surface area contributed by atoms with Crippen molar-refractivity contribution in [3.05, 3.63) is 124 Å². The van der Waals surface area contributed by atoms with Crippen molar-refractivity contribution in [2.75, 3.05) is 13.2 Å². The van der Waals surface area contributed by atoms with E-state index in [1.807, 2.05) is 79.7 Å². The zero-order valence-electron chi connectivity index (χ0n) is 32.9. The third-order valence-corrected chi connectivity index (χ3v) is 13.5. The summed E-state index contributed by atoms with van der Waals surface area (Å²) in [4.78, 5) is 1.98. The number of thiophene rings is 1. The lowest BCUT2D eigenvalue weighted by Crippen LogP contribution is -2.53. The summed E-state index contributed by atoms with van der Waals surface area (Å²) < 4.78 is 13.5. The summed E-state index contributed by atoms with van der Waals surface area (Å²) >= 11 is 10.4. The van der Waals surface area contributed by atoms with Crippen molar-refractivity contribution < 1.29 is 19.7 Å². The van der Waals surface area contributed by atoms with Gasteiger partial charge in [-0.1, -0.05) is 97.2 Å². The van der Waals surface area contributed by atoms with Crippen molar-refractivity contribution in [3.63, 3.8) is 0 Å². The zero-order valence-corrected chi connectivity index (χ0v) is 35.3. The molecule has 0 spiro atoms. The van der Waals surface area contributed by atoms with Gasteiger partial charge in [-0.2, -0.15) is 0 Å². The highest BCUT2D eigenvalue weighted by atomic mass is 35.5. The number of nitrogens with two attached hydrogens (primary N) is 2. The summed E-state index contributed by atoms with van der Waals surface area (Å²) in [5.41, 5.74) is 16.1. The minimum absolute atomic E-state index is 0.233. The normalized spacial score (nSPS) is 17.0. The molecule has 1 aliphatic carbocycles. The van der Waals surface area contributed by atoms with E-state index < -0.39 is 23.1 Å². The van der Waals surface area contributed by atoms with Crippen molar-refractivity contribution in [2.24, 2.45) is 11.5 Å². The number of fused-ring (bicyclic) bond motifs is 1. The van der Waals surface area contributed by atoms with Crippen LogP contribution in [0.25, 0.3) is 10.1 Å². The minimum Gasteiger partial charge on any atom is -0.489 e. The van der Waals surface area contributed by atoms with Gasteiger partial charge in [0.1, 0.15) is 12.4 Å². The van der Waals surface area contributed by atoms with Gasteiger partial charge in [-0.25, -0.2) is 0 Å². The Hall–Kier alpha value is -2.92. The Morgan fingerprint density at radius 3 is 2.43 bits per heavy atom. The molecule has 56 heavy (non-hydrogen) atoms. The van der Waals surface area contributed by atoms with E-state index in [1.54, 1.807) is 30.0 Å². The fourth-order valence-electron chi connectivity index (χ4n) is 7.73. The first-order valence-electron chi connectivity index (χ1n) is 20.2. The van der Waals surface area contributed by atoms with Crippen LogP contribution in [-0.2, 0) is 24.2 Å². The SMILES string of the molecule is CC(N)(CCc1ccc2c(CCCCOC3CCCCC3)csc2c1)C(O)C(C[C@@](C)(N)CO)c1ccc(Sc2cccc(OCc3ccccc3)c2)cc1Cl. The van der Waals surface area contributed by atoms with Crippen molar-refractivity contribution in [1.82, 2.24) is 0 Å². The lowest BCUT2D eigenvalue weighted by Gasteiger charge is -2.39. The first-order valence-corrected chi connectivity index (χ1v) is 22.3. The molecular weight excluding hydrogens is 756 g/mol. The average Bonchev–Trinajstić information content (AvgIpc) is 3.61. The van der Waals surface area contributed by atoms with Crippen LogP contribution in [0.2, 0.25) is 5.02 Å². The van der Waals surface area contributed by atoms with Gasteiger partial charge in [-0.15, -0.1) is 11.3 Å². The second kappa shape index (κ2) is 20.2. The van der Waals surface area contributed by atoms with E-state index in [-0.39, 0.29) is 6.61 Å². The van der Waals surface area contributed by atoms with Crippen molar-refractivity contribution in [2.45, 2.75) is 130 Å². The fourth-order valence-corrected chi connectivity index (χ4v) is 10.1. The third-order valence-electron chi connectivity index (χ3n) is 11.2. The average molecular weight is 816 g/mol. The Labute approximate surface area is 347 Å². The number of unbranched alkanes of at least 4 members (excludes halogenated alkanes) is 1. The predicted octanol–water partition coefficient (Wildman–Crippen LogP) is 10.9. The maximum absolute atomic E-state index is 12.0. The molecule has 0 aliphatic heterocycles. The lowest BCUT2D eigenvalue weighted by atomic mass is 9.74. The van der Waals surface area contributed by atoms with Gasteiger partial charge < -0.3 is 31.2 Å². The van der Waals surface area contributed by atoms with E-state index >= 15 is 0 Å². The molecule has 5 aromatic rings. The number of aliphatic hydroxyl groups is 2. The molecule has 300 valence electrons. The molecule has 6 rings (SSSR count). The molecule has 6 nitrogen and oxygen atoms in total. The van der Waals surface area contributed by atoms with E-state index in [4.69, 9.17) is 32.5 Å². The molecule has 0 bridgehead atoms. The van der Waals surface area contributed by atoms with Crippen molar-refractivity contribution in [1.29, 1.82) is 0 Å². The topological polar surface area (TPSA) is 111 Å². The smallest absolute Gasteiger partial charge is 0.120 e. The fraction of sp³-hybridized carbons (Fsp3) is 0.447. The molecular formula is C47H59ClN2O4S2. The lowest BCUT2D eigenvalue weighted by molar-refractivity contribution is 0.0265. The van der Waals surface area contributed by atoms with E-state index in [2.05, 4.69) is 23.6 Å². The highest BCUT2D eigenvalue weighted by Crippen LogP contribution is 2.40. The minimum atomic E-state index is -0.967. The largest absolute Gasteiger partial charge is 0.489 e. The third kappa shape index (κ3) is 12.1. The van der Waals surface area contributed by atoms with Crippen LogP contribution in [-0.4, -0.2) is 46.7 Å². The molecule has 0 amide bonds. The monoisotopic (exact) mass is 814 g/mol. The summed E-state index contributed by atoms with van der Waals surface area (Å²) in [6, 6.07) is 30.7. The van der Waals surface area contributed by atoms with Gasteiger partial charge in [0.05, 0.1) is 18.8 Å². The Balaban J connectivity index is 1.07. The predicted molar refractivity (Wildman–Crippen MR) is 234 cm³/mol. The molecule has 9 heteroatoms. The molecule has 1 saturated carbocycles. The Morgan fingerprint density at radius 2 is 1.66 bits per heavy atom. The van der Waals surface area contributed by atoms with Gasteiger partial charge in [0.15, 0.2) is 0 Å². The number of hydrogen-bond acceptors (Lipinski definition) is 8. The zero-order chi connectivity index (χ0) is 39.5. The molecule has 1 aromatic heterocycles. The number of halogens is 1. The van der Waals surface area contributed by atoms with Crippen LogP contribution in [0.4, 0.5) is 0 Å². The number of aliphatic hydroxyl groups excluding tert-OH is 2. The molecule has 1 fully saturated rings. The van der Waals surface area contributed by atoms with E-state index in [9.17, 15) is 10.2 Å². The number of aryl methyl sites for hydroxylation is 2. The number of hydrogen-bond donors (Lipinski definition) is 4. The second-order valence-corrected chi connectivity index (χ2v) is 18.8. The van der Waals surface area contributed by atoms with E-state index in [1.165, 1.54) is 53.3 Å². The maximum atomic E-state index is 12.0. The van der Waals surface area contributed by atoms with Gasteiger partial charge in [0.2, 0.25) is 0 Å². The van der Waals surface area contributed by atoms with Crippen LogP contribution < -0.4 is 16.2 Å². The highest BCUT2D eigenvalue weighted by molar-refractivity contribution is 7.99. The molecule has 0 radical (unpaired) electrons. The maximum Gasteiger partial charge on any atom is 0.120 e. The quantitative estimate of drug-likeness (QED) is 0.0579. The summed E-state index contributed by atoms with van der Waals surface area (Å²) in [5.74, 6) is 0.295. The Morgan fingerprint density at radius 1 is 0.875 bits per heavy atom. The van der Waals surface area contributed by atoms with Crippen LogP contribution in [0.5, 0.6) is 5.75 Å². The van der Waals surface area contributed by atoms with E-state index in [0.29, 0.717) is 30.6 Å². The van der Waals surface area contributed by atoms with E-state index in [0.717, 1.165) is 59.0 Å². The van der Waals surface area contributed by atoms with Gasteiger partial charge in [0, 0.05) is 43.1 Å². The molecule has 1 aliphatic rings. The highest BCUT2D eigenvalue weighted by Gasteiger charge is 2.39. The number of benzene rings is 4. The van der Waals surface area contributed by atoms with Gasteiger partial charge in [-0.3, -0.25) is 0 Å². The standard InChI is InChI=1S/C47H59ClN2O4S2/c1-46(49,32-51)29-42(41-22-20-39(28-43(41)48)56-38-18-11-17-37(27-38)54-30-34-12-5-3-6-13-34)45(52)47(2,50)24-23-33-19-21-40-35(31-55-44(40)26-33)14-9-10-25-53-36-15-7-4-8-16-36/h3,5-6,11-13,17-22,26-28,31,36,42,45,51-52H,4,7-10,14-16,23-25,29-30,32,49-50H2,1-2H3/t42?,45?,46-,47?/m1/s1. The van der Waals surface area contributed by atoms with Crippen LogP contribution in [0, 0.1) is 0 Å². The Kier molecular flexibility index (Phi) is 15.4. The first-order chi connectivity index (χ1) is 27.0. The molecule has 4 aromatic carbocycles. The summed E-state index contributed by atoms with van der Waals surface area (Å²) in [7, 11) is 0. The van der Waals surface area contributed by atoms with Gasteiger partial charge in [0.25, 0.3) is 0 Å². The van der Waals surface area contributed by atoms with Crippen molar-refractivity contribution >= 4 is 44.8 Å². The van der Waals surface area contributed by atoms with Crippen LogP contribution in [0.3, 0.4) is 0 Å². The number of ether oxygens (including phenoxy) is 2. The molecule has 0 saturated heterocycles. The Bertz CT molecular complexity index is 1980. The van der Waals surface area contributed by atoms with Gasteiger partial charge in [-0.05, 0) is 135 Å².